The summed E-state index contributed by atoms with van der Waals surface area (Å²) in [5, 5.41) is 0. The molecule has 1 fully saturated rings. The molecule has 0 amide bonds. The SMILES string of the molecule is C.[CH]1C=C(c2ccccc2)C=C2C[C]12. The Hall–Kier alpha value is -1.30. The fourth-order valence-electron chi connectivity index (χ4n) is 1.71. The van der Waals surface area contributed by atoms with Gasteiger partial charge in [0.1, 0.15) is 0 Å². The van der Waals surface area contributed by atoms with Crippen LogP contribution in [0.1, 0.15) is 19.4 Å². The predicted octanol–water partition coefficient (Wildman–Crippen LogP) is 3.83. The van der Waals surface area contributed by atoms with E-state index in [2.05, 4.69) is 48.9 Å². The third-order valence-electron chi connectivity index (χ3n) is 2.57. The lowest BCUT2D eigenvalue weighted by Crippen LogP contribution is -1.85. The van der Waals surface area contributed by atoms with Crippen LogP contribution in [0.4, 0.5) is 0 Å². The van der Waals surface area contributed by atoms with Crippen LogP contribution in [-0.2, 0) is 0 Å². The first-order valence-electron chi connectivity index (χ1n) is 4.61. The molecule has 1 aromatic rings. The molecule has 14 heavy (non-hydrogen) atoms. The van der Waals surface area contributed by atoms with Gasteiger partial charge >= 0.3 is 0 Å². The molecular weight excluding hydrogens is 168 g/mol. The van der Waals surface area contributed by atoms with Crippen molar-refractivity contribution in [1.29, 1.82) is 0 Å². The second-order valence-electron chi connectivity index (χ2n) is 3.53. The lowest BCUT2D eigenvalue weighted by Gasteiger charge is -2.05. The van der Waals surface area contributed by atoms with E-state index in [4.69, 9.17) is 0 Å². The van der Waals surface area contributed by atoms with Crippen LogP contribution in [0, 0.1) is 12.3 Å². The van der Waals surface area contributed by atoms with E-state index in [1.54, 1.807) is 0 Å². The Morgan fingerprint density at radius 1 is 1.00 bits per heavy atom. The quantitative estimate of drug-likeness (QED) is 0.619. The smallest absolute Gasteiger partial charge is 0.0125 e. The van der Waals surface area contributed by atoms with Crippen molar-refractivity contribution in [2.75, 3.05) is 0 Å². The van der Waals surface area contributed by atoms with Crippen LogP contribution < -0.4 is 0 Å². The van der Waals surface area contributed by atoms with E-state index >= 15 is 0 Å². The summed E-state index contributed by atoms with van der Waals surface area (Å²) in [4.78, 5) is 0. The number of hydrogen-bond donors (Lipinski definition) is 0. The molecule has 0 aliphatic heterocycles. The molecule has 0 N–H and O–H groups in total. The highest BCUT2D eigenvalue weighted by Gasteiger charge is 2.32. The van der Waals surface area contributed by atoms with Crippen LogP contribution >= 0.6 is 0 Å². The highest BCUT2D eigenvalue weighted by atomic mass is 14.3. The number of rotatable bonds is 1. The van der Waals surface area contributed by atoms with Crippen molar-refractivity contribution in [2.45, 2.75) is 13.8 Å². The van der Waals surface area contributed by atoms with E-state index in [-0.39, 0.29) is 7.43 Å². The van der Waals surface area contributed by atoms with E-state index in [0.717, 1.165) is 0 Å². The molecule has 0 heterocycles. The Labute approximate surface area is 86.0 Å². The van der Waals surface area contributed by atoms with E-state index in [0.29, 0.717) is 0 Å². The van der Waals surface area contributed by atoms with Crippen molar-refractivity contribution in [1.82, 2.24) is 0 Å². The van der Waals surface area contributed by atoms with Gasteiger partial charge in [0.2, 0.25) is 0 Å². The summed E-state index contributed by atoms with van der Waals surface area (Å²) in [6.45, 7) is 0. The number of allylic oxidation sites excluding steroid dienone is 4. The van der Waals surface area contributed by atoms with E-state index in [9.17, 15) is 0 Å². The minimum absolute atomic E-state index is 0. The normalized spacial score (nSPS) is 18.9. The molecule has 2 radical (unpaired) electrons. The largest absolute Gasteiger partial charge is 0.0776 e. The average molecular weight is 182 g/mol. The lowest BCUT2D eigenvalue weighted by atomic mass is 10.00. The standard InChI is InChI=1S/C13H10.CH4/c1-2-4-10(5-3-1)11-6-7-12-9-13(12)8-11;/h1-8H,9H2;1H4. The first-order valence-corrected chi connectivity index (χ1v) is 4.61. The van der Waals surface area contributed by atoms with E-state index < -0.39 is 0 Å². The molecule has 0 aromatic heterocycles. The third kappa shape index (κ3) is 1.52. The molecule has 0 unspecified atom stereocenters. The molecule has 0 bridgehead atoms. The molecule has 1 saturated carbocycles. The van der Waals surface area contributed by atoms with Crippen LogP contribution in [0.2, 0.25) is 0 Å². The van der Waals surface area contributed by atoms with Gasteiger partial charge in [-0.1, -0.05) is 55.5 Å². The summed E-state index contributed by atoms with van der Waals surface area (Å²) in [5.74, 6) is 1.51. The maximum absolute atomic E-state index is 2.30. The zero-order valence-corrected chi connectivity index (χ0v) is 7.33. The minimum atomic E-state index is 0. The molecule has 0 atom stereocenters. The fourth-order valence-corrected chi connectivity index (χ4v) is 1.71. The van der Waals surface area contributed by atoms with Gasteiger partial charge in [0.15, 0.2) is 0 Å². The van der Waals surface area contributed by atoms with Crippen molar-refractivity contribution < 1.29 is 0 Å². The molecule has 0 heteroatoms. The van der Waals surface area contributed by atoms with Gasteiger partial charge in [-0.3, -0.25) is 0 Å². The molecule has 1 aromatic carbocycles. The number of fused-ring (bicyclic) bond motifs is 1. The van der Waals surface area contributed by atoms with Crippen molar-refractivity contribution in [2.24, 2.45) is 0 Å². The topological polar surface area (TPSA) is 0 Å². The number of hydrogen-bond acceptors (Lipinski definition) is 0. The zero-order valence-electron chi connectivity index (χ0n) is 7.33. The molecule has 0 spiro atoms. The van der Waals surface area contributed by atoms with Crippen LogP contribution in [-0.4, -0.2) is 0 Å². The third-order valence-corrected chi connectivity index (χ3v) is 2.57. The average Bonchev–Trinajstić information content (AvgIpc) is 2.96. The molecule has 0 saturated heterocycles. The maximum atomic E-state index is 2.30. The first kappa shape index (κ1) is 9.26. The summed E-state index contributed by atoms with van der Waals surface area (Å²) in [7, 11) is 0. The van der Waals surface area contributed by atoms with Gasteiger partial charge in [-0.05, 0) is 24.0 Å². The molecule has 3 rings (SSSR count). The Balaban J connectivity index is 0.000000750. The molecule has 70 valence electrons. The lowest BCUT2D eigenvalue weighted by molar-refractivity contribution is 1.45. The molecule has 2 aliphatic carbocycles. The Morgan fingerprint density at radius 3 is 2.50 bits per heavy atom. The number of benzene rings is 1. The van der Waals surface area contributed by atoms with Gasteiger partial charge in [0.05, 0.1) is 0 Å². The highest BCUT2D eigenvalue weighted by molar-refractivity contribution is 5.82. The van der Waals surface area contributed by atoms with Gasteiger partial charge < -0.3 is 0 Å². The summed E-state index contributed by atoms with van der Waals surface area (Å²) < 4.78 is 0. The summed E-state index contributed by atoms with van der Waals surface area (Å²) >= 11 is 0. The van der Waals surface area contributed by atoms with Gasteiger partial charge in [-0.25, -0.2) is 0 Å². The summed E-state index contributed by atoms with van der Waals surface area (Å²) in [6.07, 6.45) is 7.94. The second kappa shape index (κ2) is 3.45. The van der Waals surface area contributed by atoms with Gasteiger partial charge in [-0.15, -0.1) is 0 Å². The molecular formula is C14H14. The Kier molecular flexibility index (Phi) is 2.28. The van der Waals surface area contributed by atoms with Crippen LogP contribution in [0.15, 0.2) is 48.1 Å². The Morgan fingerprint density at radius 2 is 1.79 bits per heavy atom. The monoisotopic (exact) mass is 182 g/mol. The summed E-state index contributed by atoms with van der Waals surface area (Å²) in [5.41, 5.74) is 4.18. The molecule has 2 aliphatic rings. The second-order valence-corrected chi connectivity index (χ2v) is 3.53. The fraction of sp³-hybridized carbons (Fsp3) is 0.143. The zero-order chi connectivity index (χ0) is 8.67. The van der Waals surface area contributed by atoms with Crippen LogP contribution in [0.5, 0.6) is 0 Å². The predicted molar refractivity (Wildman–Crippen MR) is 61.4 cm³/mol. The van der Waals surface area contributed by atoms with E-state index in [1.807, 2.05) is 0 Å². The maximum Gasteiger partial charge on any atom is 0.0125 e. The minimum Gasteiger partial charge on any atom is -0.0776 e. The van der Waals surface area contributed by atoms with Crippen molar-refractivity contribution in [3.05, 3.63) is 66.0 Å². The van der Waals surface area contributed by atoms with Crippen molar-refractivity contribution in [3.63, 3.8) is 0 Å². The van der Waals surface area contributed by atoms with Gasteiger partial charge in [-0.2, -0.15) is 0 Å². The van der Waals surface area contributed by atoms with Crippen LogP contribution in [0.3, 0.4) is 0 Å². The Bertz CT molecular complexity index is 382. The van der Waals surface area contributed by atoms with Gasteiger partial charge in [0, 0.05) is 5.92 Å². The van der Waals surface area contributed by atoms with Crippen LogP contribution in [0.25, 0.3) is 5.57 Å². The highest BCUT2D eigenvalue weighted by Crippen LogP contribution is 2.47. The van der Waals surface area contributed by atoms with Crippen molar-refractivity contribution in [3.8, 4) is 0 Å². The molecule has 0 nitrogen and oxygen atoms in total. The summed E-state index contributed by atoms with van der Waals surface area (Å²) in [6, 6.07) is 10.5. The first-order chi connectivity index (χ1) is 6.43. The van der Waals surface area contributed by atoms with Gasteiger partial charge in [0.25, 0.3) is 0 Å². The van der Waals surface area contributed by atoms with E-state index in [1.165, 1.54) is 29.0 Å². The van der Waals surface area contributed by atoms with Crippen molar-refractivity contribution >= 4 is 5.57 Å².